The molecule has 3 rings (SSSR count). The lowest BCUT2D eigenvalue weighted by molar-refractivity contribution is -0.132. The van der Waals surface area contributed by atoms with Crippen LogP contribution < -0.4 is 5.32 Å². The Bertz CT molecular complexity index is 395. The van der Waals surface area contributed by atoms with Crippen LogP contribution in [-0.4, -0.2) is 18.8 Å². The van der Waals surface area contributed by atoms with E-state index in [1.54, 1.807) is 6.26 Å². The predicted octanol–water partition coefficient (Wildman–Crippen LogP) is 3.67. The van der Waals surface area contributed by atoms with Crippen molar-refractivity contribution in [2.75, 3.05) is 6.61 Å². The summed E-state index contributed by atoms with van der Waals surface area (Å²) in [4.78, 5) is 0. The molecule has 19 heavy (non-hydrogen) atoms. The molecule has 0 saturated heterocycles. The zero-order valence-corrected chi connectivity index (χ0v) is 12.0. The Labute approximate surface area is 115 Å². The quantitative estimate of drug-likeness (QED) is 0.880. The van der Waals surface area contributed by atoms with Crippen molar-refractivity contribution < 1.29 is 9.15 Å². The first-order valence-corrected chi connectivity index (χ1v) is 7.67. The molecule has 1 N–H and O–H groups in total. The Morgan fingerprint density at radius 3 is 2.89 bits per heavy atom. The molecule has 106 valence electrons. The minimum atomic E-state index is 0.292. The van der Waals surface area contributed by atoms with Crippen LogP contribution in [0.1, 0.15) is 57.8 Å². The maximum Gasteiger partial charge on any atom is 0.120 e. The molecule has 0 aliphatic heterocycles. The Morgan fingerprint density at radius 2 is 2.26 bits per heavy atom. The highest BCUT2D eigenvalue weighted by atomic mass is 16.5. The van der Waals surface area contributed by atoms with Crippen molar-refractivity contribution in [1.29, 1.82) is 0 Å². The first-order chi connectivity index (χ1) is 9.26. The summed E-state index contributed by atoms with van der Waals surface area (Å²) < 4.78 is 11.5. The van der Waals surface area contributed by atoms with E-state index in [2.05, 4.69) is 25.2 Å². The third-order valence-corrected chi connectivity index (χ3v) is 5.11. The molecule has 2 aliphatic rings. The van der Waals surface area contributed by atoms with Crippen LogP contribution in [0.15, 0.2) is 22.8 Å². The summed E-state index contributed by atoms with van der Waals surface area (Å²) in [5.41, 5.74) is 0.400. The van der Waals surface area contributed by atoms with Gasteiger partial charge in [0.2, 0.25) is 0 Å². The van der Waals surface area contributed by atoms with E-state index in [1.807, 2.05) is 6.07 Å². The monoisotopic (exact) mass is 263 g/mol. The van der Waals surface area contributed by atoms with Gasteiger partial charge in [0.25, 0.3) is 0 Å². The van der Waals surface area contributed by atoms with Gasteiger partial charge >= 0.3 is 0 Å². The van der Waals surface area contributed by atoms with E-state index in [0.717, 1.165) is 18.8 Å². The van der Waals surface area contributed by atoms with Crippen LogP contribution in [0.25, 0.3) is 0 Å². The molecule has 0 radical (unpaired) electrons. The molecule has 0 bridgehead atoms. The zero-order valence-electron chi connectivity index (χ0n) is 12.0. The minimum Gasteiger partial charge on any atom is -0.468 e. The molecule has 2 saturated carbocycles. The van der Waals surface area contributed by atoms with Crippen LogP contribution in [0.3, 0.4) is 0 Å². The van der Waals surface area contributed by atoms with E-state index in [9.17, 15) is 0 Å². The third kappa shape index (κ3) is 2.23. The SMILES string of the molecule is CCOC1CC(NC(C)c2ccco2)C12CCCC2. The van der Waals surface area contributed by atoms with Gasteiger partial charge in [-0.05, 0) is 45.2 Å². The fourth-order valence-corrected chi connectivity index (χ4v) is 4.04. The molecule has 3 atom stereocenters. The van der Waals surface area contributed by atoms with Gasteiger partial charge in [-0.1, -0.05) is 12.8 Å². The maximum absolute atomic E-state index is 5.95. The van der Waals surface area contributed by atoms with Gasteiger partial charge < -0.3 is 14.5 Å². The van der Waals surface area contributed by atoms with Crippen LogP contribution in [0.4, 0.5) is 0 Å². The summed E-state index contributed by atoms with van der Waals surface area (Å²) >= 11 is 0. The summed E-state index contributed by atoms with van der Waals surface area (Å²) in [6.45, 7) is 5.14. The summed E-state index contributed by atoms with van der Waals surface area (Å²) in [6.07, 6.45) is 8.73. The molecule has 1 heterocycles. The van der Waals surface area contributed by atoms with E-state index in [1.165, 1.54) is 25.7 Å². The van der Waals surface area contributed by atoms with Crippen LogP contribution in [-0.2, 0) is 4.74 Å². The van der Waals surface area contributed by atoms with Crippen LogP contribution in [0.2, 0.25) is 0 Å². The highest BCUT2D eigenvalue weighted by Crippen LogP contribution is 2.55. The van der Waals surface area contributed by atoms with Crippen molar-refractivity contribution in [2.24, 2.45) is 5.41 Å². The Morgan fingerprint density at radius 1 is 1.47 bits per heavy atom. The second kappa shape index (κ2) is 5.29. The van der Waals surface area contributed by atoms with Crippen molar-refractivity contribution in [3.63, 3.8) is 0 Å². The zero-order chi connectivity index (χ0) is 13.3. The molecule has 0 amide bonds. The van der Waals surface area contributed by atoms with E-state index in [-0.39, 0.29) is 0 Å². The number of furan rings is 1. The maximum atomic E-state index is 5.95. The van der Waals surface area contributed by atoms with E-state index < -0.39 is 0 Å². The van der Waals surface area contributed by atoms with Crippen LogP contribution in [0, 0.1) is 5.41 Å². The molecule has 3 heteroatoms. The minimum absolute atomic E-state index is 0.292. The van der Waals surface area contributed by atoms with Gasteiger partial charge in [-0.15, -0.1) is 0 Å². The molecule has 1 spiro atoms. The molecule has 2 fully saturated rings. The van der Waals surface area contributed by atoms with E-state index in [4.69, 9.17) is 9.15 Å². The molecule has 3 unspecified atom stereocenters. The third-order valence-electron chi connectivity index (χ3n) is 5.11. The number of hydrogen-bond acceptors (Lipinski definition) is 3. The Kier molecular flexibility index (Phi) is 3.68. The number of rotatable bonds is 5. The van der Waals surface area contributed by atoms with Gasteiger partial charge in [-0.3, -0.25) is 0 Å². The molecule has 1 aromatic rings. The van der Waals surface area contributed by atoms with E-state index in [0.29, 0.717) is 23.6 Å². The first-order valence-electron chi connectivity index (χ1n) is 7.67. The number of hydrogen-bond donors (Lipinski definition) is 1. The van der Waals surface area contributed by atoms with Crippen molar-refractivity contribution >= 4 is 0 Å². The van der Waals surface area contributed by atoms with Gasteiger partial charge in [0, 0.05) is 18.1 Å². The standard InChI is InChI=1S/C16H25NO2/c1-3-18-15-11-14(16(15)8-4-5-9-16)17-12(2)13-7-6-10-19-13/h6-7,10,12,14-15,17H,3-5,8-9,11H2,1-2H3. The molecule has 0 aromatic carbocycles. The molecule has 3 nitrogen and oxygen atoms in total. The molecular weight excluding hydrogens is 238 g/mol. The second-order valence-corrected chi connectivity index (χ2v) is 6.08. The molecular formula is C16H25NO2. The lowest BCUT2D eigenvalue weighted by atomic mass is 9.60. The van der Waals surface area contributed by atoms with E-state index >= 15 is 0 Å². The fourth-order valence-electron chi connectivity index (χ4n) is 4.04. The van der Waals surface area contributed by atoms with Gasteiger partial charge in [-0.25, -0.2) is 0 Å². The lowest BCUT2D eigenvalue weighted by Crippen LogP contribution is -2.62. The normalized spacial score (nSPS) is 30.4. The van der Waals surface area contributed by atoms with Gasteiger partial charge in [0.15, 0.2) is 0 Å². The average Bonchev–Trinajstić information content (AvgIpc) is 3.09. The largest absolute Gasteiger partial charge is 0.468 e. The Hall–Kier alpha value is -0.800. The average molecular weight is 263 g/mol. The summed E-state index contributed by atoms with van der Waals surface area (Å²) in [7, 11) is 0. The topological polar surface area (TPSA) is 34.4 Å². The van der Waals surface area contributed by atoms with Gasteiger partial charge in [0.05, 0.1) is 18.4 Å². The van der Waals surface area contributed by atoms with Crippen molar-refractivity contribution in [1.82, 2.24) is 5.32 Å². The first kappa shape index (κ1) is 13.2. The Balaban J connectivity index is 1.65. The van der Waals surface area contributed by atoms with Crippen molar-refractivity contribution in [2.45, 2.75) is 64.1 Å². The van der Waals surface area contributed by atoms with Gasteiger partial charge in [-0.2, -0.15) is 0 Å². The highest BCUT2D eigenvalue weighted by Gasteiger charge is 2.56. The van der Waals surface area contributed by atoms with Gasteiger partial charge in [0.1, 0.15) is 5.76 Å². The van der Waals surface area contributed by atoms with Crippen LogP contribution in [0.5, 0.6) is 0 Å². The summed E-state index contributed by atoms with van der Waals surface area (Å²) in [5, 5.41) is 3.77. The number of nitrogens with one attached hydrogen (secondary N) is 1. The summed E-state index contributed by atoms with van der Waals surface area (Å²) in [6, 6.07) is 4.90. The molecule has 1 aromatic heterocycles. The smallest absolute Gasteiger partial charge is 0.120 e. The molecule has 2 aliphatic carbocycles. The highest BCUT2D eigenvalue weighted by molar-refractivity contribution is 5.12. The number of ether oxygens (including phenoxy) is 1. The predicted molar refractivity (Wildman–Crippen MR) is 75.0 cm³/mol. The van der Waals surface area contributed by atoms with Crippen molar-refractivity contribution in [3.05, 3.63) is 24.2 Å². The second-order valence-electron chi connectivity index (χ2n) is 6.08. The van der Waals surface area contributed by atoms with Crippen molar-refractivity contribution in [3.8, 4) is 0 Å². The van der Waals surface area contributed by atoms with Crippen LogP contribution >= 0.6 is 0 Å². The fraction of sp³-hybridized carbons (Fsp3) is 0.750. The lowest BCUT2D eigenvalue weighted by Gasteiger charge is -2.55. The summed E-state index contributed by atoms with van der Waals surface area (Å²) in [5.74, 6) is 1.04.